The number of halogens is 1. The Morgan fingerprint density at radius 2 is 1.86 bits per heavy atom. The Labute approximate surface area is 133 Å². The van der Waals surface area contributed by atoms with E-state index >= 15 is 0 Å². The first kappa shape index (κ1) is 14.6. The molecule has 4 nitrogen and oxygen atoms in total. The smallest absolute Gasteiger partial charge is 0.249 e. The Morgan fingerprint density at radius 1 is 1.19 bits per heavy atom. The van der Waals surface area contributed by atoms with Gasteiger partial charge in [0.05, 0.1) is 0 Å². The minimum atomic E-state index is -0.365. The monoisotopic (exact) mass is 350 g/mol. The van der Waals surface area contributed by atoms with Crippen molar-refractivity contribution >= 4 is 33.4 Å². The maximum atomic E-state index is 12.6. The molecule has 1 aliphatic carbocycles. The highest BCUT2D eigenvalue weighted by Gasteiger charge is 2.38. The second-order valence-corrected chi connectivity index (χ2v) is 6.72. The molecule has 3 rings (SSSR count). The van der Waals surface area contributed by atoms with Gasteiger partial charge < -0.3 is 9.80 Å². The van der Waals surface area contributed by atoms with Crippen LogP contribution in [0.3, 0.4) is 0 Å². The zero-order valence-corrected chi connectivity index (χ0v) is 13.7. The molecule has 0 radical (unpaired) electrons. The summed E-state index contributed by atoms with van der Waals surface area (Å²) < 4.78 is 0.991. The number of anilines is 1. The first-order chi connectivity index (χ1) is 10.1. The van der Waals surface area contributed by atoms with Crippen LogP contribution in [0.15, 0.2) is 28.7 Å². The molecule has 21 heavy (non-hydrogen) atoms. The summed E-state index contributed by atoms with van der Waals surface area (Å²) in [5.74, 6) is 0.327. The van der Waals surface area contributed by atoms with Gasteiger partial charge in [-0.15, -0.1) is 0 Å². The molecule has 5 heteroatoms. The molecular formula is C16H19BrN2O2. The largest absolute Gasteiger partial charge is 0.329 e. The molecule has 1 heterocycles. The van der Waals surface area contributed by atoms with Crippen molar-refractivity contribution in [3.63, 3.8) is 0 Å². The molecule has 0 N–H and O–H groups in total. The van der Waals surface area contributed by atoms with E-state index in [9.17, 15) is 9.59 Å². The Balaban J connectivity index is 1.73. The zero-order valence-electron chi connectivity index (χ0n) is 12.1. The number of piperazine rings is 1. The van der Waals surface area contributed by atoms with Crippen molar-refractivity contribution < 1.29 is 9.59 Å². The number of amides is 2. The summed E-state index contributed by atoms with van der Waals surface area (Å²) in [5.41, 5.74) is 0.894. The lowest BCUT2D eigenvalue weighted by molar-refractivity contribution is -0.146. The Bertz CT molecular complexity index is 554. The van der Waals surface area contributed by atoms with Gasteiger partial charge in [-0.25, -0.2) is 0 Å². The third kappa shape index (κ3) is 2.71. The van der Waals surface area contributed by atoms with Gasteiger partial charge in [0.25, 0.3) is 0 Å². The third-order valence-corrected chi connectivity index (χ3v) is 5.06. The number of hydrogen-bond acceptors (Lipinski definition) is 2. The highest BCUT2D eigenvalue weighted by Crippen LogP contribution is 2.30. The second kappa shape index (κ2) is 5.79. The number of rotatable bonds is 2. The van der Waals surface area contributed by atoms with Crippen molar-refractivity contribution in [2.75, 3.05) is 18.0 Å². The van der Waals surface area contributed by atoms with E-state index in [4.69, 9.17) is 0 Å². The molecule has 2 fully saturated rings. The first-order valence-corrected chi connectivity index (χ1v) is 8.24. The SMILES string of the molecule is C[C@H]1C(=O)N(c2ccc(Br)cc2)CCN1C(=O)C1CCC1. The van der Waals surface area contributed by atoms with E-state index in [0.717, 1.165) is 29.4 Å². The molecule has 2 amide bonds. The molecule has 1 atom stereocenters. The first-order valence-electron chi connectivity index (χ1n) is 7.45. The van der Waals surface area contributed by atoms with Crippen LogP contribution in [-0.2, 0) is 9.59 Å². The normalized spacial score (nSPS) is 23.1. The van der Waals surface area contributed by atoms with Gasteiger partial charge >= 0.3 is 0 Å². The summed E-state index contributed by atoms with van der Waals surface area (Å²) in [6.45, 7) is 3.03. The molecule has 0 bridgehead atoms. The number of carbonyl (C=O) groups excluding carboxylic acids is 2. The lowest BCUT2D eigenvalue weighted by Crippen LogP contribution is -2.59. The molecule has 1 aromatic carbocycles. The quantitative estimate of drug-likeness (QED) is 0.822. The van der Waals surface area contributed by atoms with Crippen molar-refractivity contribution in [2.45, 2.75) is 32.2 Å². The van der Waals surface area contributed by atoms with Gasteiger partial charge in [0.2, 0.25) is 11.8 Å². The molecule has 0 spiro atoms. The fourth-order valence-corrected chi connectivity index (χ4v) is 3.20. The van der Waals surface area contributed by atoms with Crippen LogP contribution in [0.4, 0.5) is 5.69 Å². The standard InChI is InChI=1S/C16H19BrN2O2/c1-11-15(20)19(14-7-5-13(17)6-8-14)10-9-18(11)16(21)12-3-2-4-12/h5-8,11-12H,2-4,9-10H2,1H3/t11-/m0/s1. The summed E-state index contributed by atoms with van der Waals surface area (Å²) >= 11 is 3.40. The number of carbonyl (C=O) groups is 2. The molecule has 2 aliphatic rings. The van der Waals surface area contributed by atoms with Crippen LogP contribution < -0.4 is 4.90 Å². The number of benzene rings is 1. The number of nitrogens with zero attached hydrogens (tertiary/aromatic N) is 2. The summed E-state index contributed by atoms with van der Waals surface area (Å²) in [6.07, 6.45) is 3.09. The molecule has 1 saturated carbocycles. The molecule has 1 saturated heterocycles. The van der Waals surface area contributed by atoms with Crippen LogP contribution in [0.5, 0.6) is 0 Å². The van der Waals surface area contributed by atoms with E-state index in [1.165, 1.54) is 0 Å². The molecule has 0 aromatic heterocycles. The lowest BCUT2D eigenvalue weighted by Gasteiger charge is -2.41. The van der Waals surface area contributed by atoms with Crippen LogP contribution in [0.25, 0.3) is 0 Å². The molecule has 0 unspecified atom stereocenters. The third-order valence-electron chi connectivity index (χ3n) is 4.53. The topological polar surface area (TPSA) is 40.6 Å². The second-order valence-electron chi connectivity index (χ2n) is 5.80. The number of hydrogen-bond donors (Lipinski definition) is 0. The van der Waals surface area contributed by atoms with Crippen molar-refractivity contribution in [1.82, 2.24) is 4.90 Å². The van der Waals surface area contributed by atoms with E-state index in [1.54, 1.807) is 9.80 Å². The van der Waals surface area contributed by atoms with E-state index in [1.807, 2.05) is 31.2 Å². The van der Waals surface area contributed by atoms with Crippen LogP contribution in [0.2, 0.25) is 0 Å². The highest BCUT2D eigenvalue weighted by molar-refractivity contribution is 9.10. The van der Waals surface area contributed by atoms with Gasteiger partial charge in [0.15, 0.2) is 0 Å². The van der Waals surface area contributed by atoms with Crippen molar-refractivity contribution in [1.29, 1.82) is 0 Å². The average Bonchev–Trinajstić information content (AvgIpc) is 2.41. The maximum absolute atomic E-state index is 12.6. The molecule has 1 aliphatic heterocycles. The van der Waals surface area contributed by atoms with Crippen molar-refractivity contribution in [3.8, 4) is 0 Å². The van der Waals surface area contributed by atoms with Crippen LogP contribution in [0, 0.1) is 5.92 Å². The van der Waals surface area contributed by atoms with Crippen LogP contribution in [0.1, 0.15) is 26.2 Å². The van der Waals surface area contributed by atoms with E-state index < -0.39 is 0 Å². The van der Waals surface area contributed by atoms with Crippen molar-refractivity contribution in [2.24, 2.45) is 5.92 Å². The Kier molecular flexibility index (Phi) is 4.02. The summed E-state index contributed by atoms with van der Waals surface area (Å²) in [7, 11) is 0. The Morgan fingerprint density at radius 3 is 2.43 bits per heavy atom. The lowest BCUT2D eigenvalue weighted by atomic mass is 9.84. The molecular weight excluding hydrogens is 332 g/mol. The van der Waals surface area contributed by atoms with E-state index in [-0.39, 0.29) is 23.8 Å². The summed E-state index contributed by atoms with van der Waals surface area (Å²) in [6, 6.07) is 7.35. The molecule has 112 valence electrons. The fourth-order valence-electron chi connectivity index (χ4n) is 2.94. The van der Waals surface area contributed by atoms with E-state index in [2.05, 4.69) is 15.9 Å². The van der Waals surface area contributed by atoms with Gasteiger partial charge in [-0.1, -0.05) is 22.4 Å². The van der Waals surface area contributed by atoms with E-state index in [0.29, 0.717) is 13.1 Å². The van der Waals surface area contributed by atoms with Gasteiger partial charge in [0.1, 0.15) is 6.04 Å². The van der Waals surface area contributed by atoms with Gasteiger partial charge in [0, 0.05) is 29.2 Å². The van der Waals surface area contributed by atoms with Gasteiger partial charge in [-0.05, 0) is 44.0 Å². The zero-order chi connectivity index (χ0) is 15.0. The minimum Gasteiger partial charge on any atom is -0.329 e. The fraction of sp³-hybridized carbons (Fsp3) is 0.500. The summed E-state index contributed by atoms with van der Waals surface area (Å²) in [5, 5.41) is 0. The van der Waals surface area contributed by atoms with Crippen LogP contribution in [-0.4, -0.2) is 35.8 Å². The maximum Gasteiger partial charge on any atom is 0.249 e. The predicted octanol–water partition coefficient (Wildman–Crippen LogP) is 2.81. The van der Waals surface area contributed by atoms with Crippen LogP contribution >= 0.6 is 15.9 Å². The highest BCUT2D eigenvalue weighted by atomic mass is 79.9. The molecule has 1 aromatic rings. The van der Waals surface area contributed by atoms with Crippen molar-refractivity contribution in [3.05, 3.63) is 28.7 Å². The predicted molar refractivity (Wildman–Crippen MR) is 85.0 cm³/mol. The summed E-state index contributed by atoms with van der Waals surface area (Å²) in [4.78, 5) is 28.5. The average molecular weight is 351 g/mol. The van der Waals surface area contributed by atoms with Gasteiger partial charge in [-0.2, -0.15) is 0 Å². The van der Waals surface area contributed by atoms with Gasteiger partial charge in [-0.3, -0.25) is 9.59 Å². The minimum absolute atomic E-state index is 0.0104. The Hall–Kier alpha value is -1.36.